The monoisotopic (exact) mass is 198 g/mol. The van der Waals surface area contributed by atoms with Crippen molar-refractivity contribution in [2.75, 3.05) is 12.5 Å². The number of esters is 1. The summed E-state index contributed by atoms with van der Waals surface area (Å²) in [5.74, 6) is -0.440. The first-order valence-corrected chi connectivity index (χ1v) is 4.49. The van der Waals surface area contributed by atoms with Crippen molar-refractivity contribution in [3.63, 3.8) is 0 Å². The lowest BCUT2D eigenvalue weighted by atomic mass is 10.3. The topological polar surface area (TPSA) is 26.3 Å². The third-order valence-electron chi connectivity index (χ3n) is 1.12. The standard InChI is InChI=1S/C7H12Cl2O2/c1-6(9)3-2-4-11-7(10)5-8/h6H,2-5H2,1H3. The molecule has 0 aliphatic rings. The highest BCUT2D eigenvalue weighted by molar-refractivity contribution is 6.26. The number of hydrogen-bond acceptors (Lipinski definition) is 2. The van der Waals surface area contributed by atoms with Crippen molar-refractivity contribution in [1.29, 1.82) is 0 Å². The summed E-state index contributed by atoms with van der Waals surface area (Å²) in [6.45, 7) is 2.33. The van der Waals surface area contributed by atoms with Gasteiger partial charge in [0, 0.05) is 5.38 Å². The summed E-state index contributed by atoms with van der Waals surface area (Å²) in [7, 11) is 0. The predicted molar refractivity (Wildman–Crippen MR) is 46.2 cm³/mol. The third-order valence-corrected chi connectivity index (χ3v) is 1.55. The maximum atomic E-state index is 10.5. The van der Waals surface area contributed by atoms with Gasteiger partial charge >= 0.3 is 5.97 Å². The van der Waals surface area contributed by atoms with E-state index in [0.29, 0.717) is 6.61 Å². The largest absolute Gasteiger partial charge is 0.465 e. The fraction of sp³-hybridized carbons (Fsp3) is 0.857. The molecule has 0 saturated heterocycles. The Balaban J connectivity index is 3.08. The molecular weight excluding hydrogens is 187 g/mol. The molecule has 0 N–H and O–H groups in total. The van der Waals surface area contributed by atoms with Gasteiger partial charge in [0.25, 0.3) is 0 Å². The van der Waals surface area contributed by atoms with Crippen LogP contribution in [-0.2, 0) is 9.53 Å². The van der Waals surface area contributed by atoms with Crippen molar-refractivity contribution in [2.45, 2.75) is 25.1 Å². The molecule has 1 atom stereocenters. The maximum Gasteiger partial charge on any atom is 0.320 e. The summed E-state index contributed by atoms with van der Waals surface area (Å²) in [4.78, 5) is 10.5. The van der Waals surface area contributed by atoms with Crippen molar-refractivity contribution < 1.29 is 9.53 Å². The highest BCUT2D eigenvalue weighted by atomic mass is 35.5. The second-order valence-electron chi connectivity index (χ2n) is 2.28. The molecule has 1 unspecified atom stereocenters. The number of carbonyl (C=O) groups is 1. The zero-order valence-corrected chi connectivity index (χ0v) is 7.99. The molecule has 0 radical (unpaired) electrons. The van der Waals surface area contributed by atoms with E-state index in [9.17, 15) is 4.79 Å². The van der Waals surface area contributed by atoms with Crippen molar-refractivity contribution in [3.8, 4) is 0 Å². The summed E-state index contributed by atoms with van der Waals surface area (Å²) in [6.07, 6.45) is 1.66. The van der Waals surface area contributed by atoms with E-state index in [-0.39, 0.29) is 17.2 Å². The molecule has 0 bridgehead atoms. The van der Waals surface area contributed by atoms with Gasteiger partial charge in [-0.3, -0.25) is 4.79 Å². The van der Waals surface area contributed by atoms with Crippen LogP contribution in [0.4, 0.5) is 0 Å². The lowest BCUT2D eigenvalue weighted by molar-refractivity contribution is -0.140. The molecule has 0 aliphatic carbocycles. The average molecular weight is 199 g/mol. The molecule has 0 aromatic carbocycles. The predicted octanol–water partition coefficient (Wildman–Crippen LogP) is 2.18. The number of hydrogen-bond donors (Lipinski definition) is 0. The first-order valence-electron chi connectivity index (χ1n) is 3.52. The Morgan fingerprint density at radius 1 is 1.64 bits per heavy atom. The minimum atomic E-state index is -0.367. The Labute approximate surface area is 76.8 Å². The fourth-order valence-electron chi connectivity index (χ4n) is 0.589. The van der Waals surface area contributed by atoms with E-state index < -0.39 is 0 Å². The Morgan fingerprint density at radius 2 is 2.27 bits per heavy atom. The van der Waals surface area contributed by atoms with Crippen LogP contribution in [-0.4, -0.2) is 23.8 Å². The molecule has 0 aromatic heterocycles. The first-order chi connectivity index (χ1) is 5.16. The first kappa shape index (κ1) is 11.1. The summed E-state index contributed by atoms with van der Waals surface area (Å²) >= 11 is 10.9. The van der Waals surface area contributed by atoms with Gasteiger partial charge in [0.15, 0.2) is 0 Å². The van der Waals surface area contributed by atoms with Crippen LogP contribution in [0.1, 0.15) is 19.8 Å². The molecule has 2 nitrogen and oxygen atoms in total. The summed E-state index contributed by atoms with van der Waals surface area (Å²) in [5, 5.41) is 0.143. The van der Waals surface area contributed by atoms with Gasteiger partial charge in [0.2, 0.25) is 0 Å². The van der Waals surface area contributed by atoms with Gasteiger partial charge in [-0.25, -0.2) is 0 Å². The minimum Gasteiger partial charge on any atom is -0.465 e. The van der Waals surface area contributed by atoms with Gasteiger partial charge in [-0.1, -0.05) is 0 Å². The number of alkyl halides is 2. The molecule has 0 heterocycles. The highest BCUT2D eigenvalue weighted by Gasteiger charge is 2.00. The molecule has 0 saturated carbocycles. The van der Waals surface area contributed by atoms with Crippen LogP contribution in [0, 0.1) is 0 Å². The highest BCUT2D eigenvalue weighted by Crippen LogP contribution is 2.03. The van der Waals surface area contributed by atoms with E-state index in [2.05, 4.69) is 0 Å². The van der Waals surface area contributed by atoms with Crippen molar-refractivity contribution in [1.82, 2.24) is 0 Å². The molecule has 0 aromatic rings. The SMILES string of the molecule is CC(Cl)CCCOC(=O)CCl. The van der Waals surface area contributed by atoms with Crippen LogP contribution in [0.15, 0.2) is 0 Å². The molecule has 0 aliphatic heterocycles. The minimum absolute atomic E-state index is 0.0730. The molecule has 11 heavy (non-hydrogen) atoms. The third kappa shape index (κ3) is 7.95. The van der Waals surface area contributed by atoms with Gasteiger partial charge in [0.1, 0.15) is 5.88 Å². The Bertz CT molecular complexity index is 115. The fourth-order valence-corrected chi connectivity index (χ4v) is 0.821. The van der Waals surface area contributed by atoms with Crippen molar-refractivity contribution in [2.24, 2.45) is 0 Å². The molecule has 4 heteroatoms. The summed E-state index contributed by atoms with van der Waals surface area (Å²) in [5.41, 5.74) is 0. The second kappa shape index (κ2) is 6.74. The molecule has 0 rings (SSSR count). The van der Waals surface area contributed by atoms with E-state index in [1.807, 2.05) is 6.92 Å². The summed E-state index contributed by atoms with van der Waals surface area (Å²) in [6, 6.07) is 0. The van der Waals surface area contributed by atoms with Gasteiger partial charge in [-0.05, 0) is 19.8 Å². The molecular formula is C7H12Cl2O2. The van der Waals surface area contributed by atoms with Gasteiger partial charge in [-0.2, -0.15) is 0 Å². The van der Waals surface area contributed by atoms with Crippen LogP contribution >= 0.6 is 23.2 Å². The normalized spacial score (nSPS) is 12.6. The van der Waals surface area contributed by atoms with Crippen molar-refractivity contribution >= 4 is 29.2 Å². The zero-order chi connectivity index (χ0) is 8.69. The molecule has 66 valence electrons. The molecule has 0 spiro atoms. The number of halogens is 2. The van der Waals surface area contributed by atoms with Crippen molar-refractivity contribution in [3.05, 3.63) is 0 Å². The molecule has 0 fully saturated rings. The number of rotatable bonds is 5. The van der Waals surface area contributed by atoms with E-state index in [1.54, 1.807) is 0 Å². The Morgan fingerprint density at radius 3 is 2.73 bits per heavy atom. The lowest BCUT2D eigenvalue weighted by Crippen LogP contribution is -2.07. The quantitative estimate of drug-likeness (QED) is 0.385. The summed E-state index contributed by atoms with van der Waals surface area (Å²) < 4.78 is 4.71. The van der Waals surface area contributed by atoms with Gasteiger partial charge < -0.3 is 4.74 Å². The van der Waals surface area contributed by atoms with Gasteiger partial charge in [0.05, 0.1) is 6.61 Å². The Hall–Kier alpha value is 0.0500. The van der Waals surface area contributed by atoms with E-state index in [1.165, 1.54) is 0 Å². The number of carbonyl (C=O) groups excluding carboxylic acids is 1. The van der Waals surface area contributed by atoms with E-state index in [4.69, 9.17) is 27.9 Å². The van der Waals surface area contributed by atoms with Crippen LogP contribution in [0.5, 0.6) is 0 Å². The van der Waals surface area contributed by atoms with Crippen LogP contribution < -0.4 is 0 Å². The second-order valence-corrected chi connectivity index (χ2v) is 3.29. The van der Waals surface area contributed by atoms with E-state index in [0.717, 1.165) is 12.8 Å². The maximum absolute atomic E-state index is 10.5. The van der Waals surface area contributed by atoms with Gasteiger partial charge in [-0.15, -0.1) is 23.2 Å². The smallest absolute Gasteiger partial charge is 0.320 e. The van der Waals surface area contributed by atoms with Crippen LogP contribution in [0.3, 0.4) is 0 Å². The lowest BCUT2D eigenvalue weighted by Gasteiger charge is -2.03. The Kier molecular flexibility index (Phi) is 6.77. The number of ether oxygens (including phenoxy) is 1. The zero-order valence-electron chi connectivity index (χ0n) is 6.48. The van der Waals surface area contributed by atoms with Crippen LogP contribution in [0.25, 0.3) is 0 Å². The average Bonchev–Trinajstić information content (AvgIpc) is 1.97. The van der Waals surface area contributed by atoms with E-state index >= 15 is 0 Å². The van der Waals surface area contributed by atoms with Crippen LogP contribution in [0.2, 0.25) is 0 Å². The molecule has 0 amide bonds.